The number of nitrogens with zero attached hydrogens (tertiary/aromatic N) is 2. The zero-order chi connectivity index (χ0) is 21.0. The highest BCUT2D eigenvalue weighted by molar-refractivity contribution is 7.17. The highest BCUT2D eigenvalue weighted by atomic mass is 32.1. The number of ketones is 1. The Balaban J connectivity index is 1.56. The zero-order valence-electron chi connectivity index (χ0n) is 17.5. The van der Waals surface area contributed by atoms with Crippen LogP contribution in [0.2, 0.25) is 0 Å². The molecule has 156 valence electrons. The van der Waals surface area contributed by atoms with Gasteiger partial charge in [-0.25, -0.2) is 9.78 Å². The van der Waals surface area contributed by atoms with Gasteiger partial charge < -0.3 is 15.0 Å². The lowest BCUT2D eigenvalue weighted by molar-refractivity contribution is 0.0210. The number of piperidine rings is 1. The number of thiazole rings is 1. The van der Waals surface area contributed by atoms with Crippen LogP contribution in [0.15, 0.2) is 30.5 Å². The molecule has 6 nitrogen and oxygen atoms in total. The molecule has 0 radical (unpaired) electrons. The average Bonchev–Trinajstić information content (AvgIpc) is 3.15. The molecule has 1 aromatic carbocycles. The van der Waals surface area contributed by atoms with Gasteiger partial charge in [0.05, 0.1) is 11.1 Å². The monoisotopic (exact) mass is 415 g/mol. The van der Waals surface area contributed by atoms with Gasteiger partial charge in [-0.05, 0) is 45.6 Å². The average molecular weight is 416 g/mol. The van der Waals surface area contributed by atoms with Crippen molar-refractivity contribution in [1.29, 1.82) is 0 Å². The topological polar surface area (TPSA) is 71.5 Å². The van der Waals surface area contributed by atoms with Gasteiger partial charge in [0.15, 0.2) is 5.13 Å². The van der Waals surface area contributed by atoms with Gasteiger partial charge in [0, 0.05) is 24.7 Å². The minimum absolute atomic E-state index is 0.0211. The summed E-state index contributed by atoms with van der Waals surface area (Å²) >= 11 is 1.39. The number of hydrogen-bond acceptors (Lipinski definition) is 6. The third kappa shape index (κ3) is 5.56. The summed E-state index contributed by atoms with van der Waals surface area (Å²) in [6, 6.07) is 7.95. The molecule has 1 aliphatic heterocycles. The van der Waals surface area contributed by atoms with Crippen molar-refractivity contribution >= 4 is 28.3 Å². The van der Waals surface area contributed by atoms with Crippen LogP contribution in [-0.4, -0.2) is 46.5 Å². The summed E-state index contributed by atoms with van der Waals surface area (Å²) in [7, 11) is 0. The normalized spacial score (nSPS) is 15.2. The first-order valence-corrected chi connectivity index (χ1v) is 10.9. The van der Waals surface area contributed by atoms with Crippen LogP contribution in [0, 0.1) is 0 Å². The lowest BCUT2D eigenvalue weighted by atomic mass is 10.0. The quantitative estimate of drug-likeness (QED) is 0.714. The Labute approximate surface area is 176 Å². The molecular formula is C22H29N3O3S. The van der Waals surface area contributed by atoms with Crippen LogP contribution in [0.3, 0.4) is 0 Å². The Bertz CT molecular complexity index is 864. The van der Waals surface area contributed by atoms with Crippen molar-refractivity contribution in [3.05, 3.63) is 46.5 Å². The molecule has 1 aromatic heterocycles. The molecule has 0 aliphatic carbocycles. The van der Waals surface area contributed by atoms with Gasteiger partial charge in [-0.1, -0.05) is 42.5 Å². The van der Waals surface area contributed by atoms with E-state index in [-0.39, 0.29) is 17.9 Å². The molecule has 29 heavy (non-hydrogen) atoms. The largest absolute Gasteiger partial charge is 0.444 e. The molecule has 2 heterocycles. The third-order valence-corrected chi connectivity index (χ3v) is 5.77. The van der Waals surface area contributed by atoms with Gasteiger partial charge in [-0.2, -0.15) is 0 Å². The third-order valence-electron chi connectivity index (χ3n) is 4.85. The second-order valence-electron chi connectivity index (χ2n) is 8.26. The number of likely N-dealkylation sites (tertiary alicyclic amines) is 1. The Morgan fingerprint density at radius 3 is 2.59 bits per heavy atom. The molecule has 1 amide bonds. The Morgan fingerprint density at radius 1 is 1.24 bits per heavy atom. The maximum Gasteiger partial charge on any atom is 0.410 e. The molecular weight excluding hydrogens is 386 g/mol. The SMILES string of the molecule is CCc1ccccc1C(=O)c1cnc(NC2CCN(C(=O)OC(C)(C)C)CC2)s1. The van der Waals surface area contributed by atoms with Crippen LogP contribution in [0.4, 0.5) is 9.93 Å². The number of amides is 1. The van der Waals surface area contributed by atoms with Gasteiger partial charge >= 0.3 is 6.09 Å². The summed E-state index contributed by atoms with van der Waals surface area (Å²) in [6.07, 6.45) is 3.86. The standard InChI is InChI=1S/C22H29N3O3S/c1-5-15-8-6-7-9-17(15)19(26)18-14-23-20(29-18)24-16-10-12-25(13-11-16)21(27)28-22(2,3)4/h6-9,14,16H,5,10-13H2,1-4H3,(H,23,24). The molecule has 1 N–H and O–H groups in total. The minimum atomic E-state index is -0.480. The van der Waals surface area contributed by atoms with E-state index >= 15 is 0 Å². The fourth-order valence-electron chi connectivity index (χ4n) is 3.34. The molecule has 0 atom stereocenters. The number of anilines is 1. The van der Waals surface area contributed by atoms with E-state index in [9.17, 15) is 9.59 Å². The van der Waals surface area contributed by atoms with Crippen LogP contribution < -0.4 is 5.32 Å². The number of ether oxygens (including phenoxy) is 1. The van der Waals surface area contributed by atoms with Gasteiger partial charge in [0.1, 0.15) is 5.60 Å². The molecule has 1 aliphatic rings. The van der Waals surface area contributed by atoms with Crippen molar-refractivity contribution in [2.45, 2.75) is 58.6 Å². The summed E-state index contributed by atoms with van der Waals surface area (Å²) in [5.41, 5.74) is 1.32. The zero-order valence-corrected chi connectivity index (χ0v) is 18.3. The number of aryl methyl sites for hydroxylation is 1. The highest BCUT2D eigenvalue weighted by Crippen LogP contribution is 2.25. The minimum Gasteiger partial charge on any atom is -0.444 e. The van der Waals surface area contributed by atoms with Crippen LogP contribution >= 0.6 is 11.3 Å². The molecule has 3 rings (SSSR count). The maximum atomic E-state index is 12.8. The number of carbonyl (C=O) groups excluding carboxylic acids is 2. The van der Waals surface area contributed by atoms with Crippen molar-refractivity contribution in [2.24, 2.45) is 0 Å². The van der Waals surface area contributed by atoms with Crippen molar-refractivity contribution < 1.29 is 14.3 Å². The predicted octanol–water partition coefficient (Wildman–Crippen LogP) is 4.75. The highest BCUT2D eigenvalue weighted by Gasteiger charge is 2.27. The second kappa shape index (κ2) is 8.95. The van der Waals surface area contributed by atoms with E-state index in [0.29, 0.717) is 18.0 Å². The number of rotatable bonds is 5. The summed E-state index contributed by atoms with van der Waals surface area (Å²) in [5, 5.41) is 4.17. The van der Waals surface area contributed by atoms with Gasteiger partial charge in [0.2, 0.25) is 5.78 Å². The van der Waals surface area contributed by atoms with Gasteiger partial charge in [0.25, 0.3) is 0 Å². The van der Waals surface area contributed by atoms with Crippen LogP contribution in [0.25, 0.3) is 0 Å². The molecule has 2 aromatic rings. The first-order valence-electron chi connectivity index (χ1n) is 10.1. The summed E-state index contributed by atoms with van der Waals surface area (Å²) in [4.78, 5) is 31.8. The second-order valence-corrected chi connectivity index (χ2v) is 9.29. The summed E-state index contributed by atoms with van der Waals surface area (Å²) in [5.74, 6) is 0.0211. The fourth-order valence-corrected chi connectivity index (χ4v) is 4.18. The van der Waals surface area contributed by atoms with Gasteiger partial charge in [-0.15, -0.1) is 0 Å². The Morgan fingerprint density at radius 2 is 1.93 bits per heavy atom. The van der Waals surface area contributed by atoms with E-state index in [4.69, 9.17) is 4.74 Å². The first kappa shape index (κ1) is 21.3. The van der Waals surface area contributed by atoms with Crippen molar-refractivity contribution in [1.82, 2.24) is 9.88 Å². The first-order chi connectivity index (χ1) is 13.8. The van der Waals surface area contributed by atoms with E-state index in [1.54, 1.807) is 11.1 Å². The number of carbonyl (C=O) groups is 2. The Hall–Kier alpha value is -2.41. The molecule has 1 fully saturated rings. The smallest absolute Gasteiger partial charge is 0.410 e. The molecule has 0 unspecified atom stereocenters. The summed E-state index contributed by atoms with van der Waals surface area (Å²) < 4.78 is 5.44. The molecule has 1 saturated heterocycles. The summed E-state index contributed by atoms with van der Waals surface area (Å²) in [6.45, 7) is 8.97. The number of nitrogens with one attached hydrogen (secondary N) is 1. The van der Waals surface area contributed by atoms with E-state index in [2.05, 4.69) is 17.2 Å². The van der Waals surface area contributed by atoms with E-state index in [1.165, 1.54) is 11.3 Å². The molecule has 7 heteroatoms. The number of benzene rings is 1. The maximum absolute atomic E-state index is 12.8. The lowest BCUT2D eigenvalue weighted by Gasteiger charge is -2.33. The van der Waals surface area contributed by atoms with E-state index in [1.807, 2.05) is 45.0 Å². The van der Waals surface area contributed by atoms with Crippen LogP contribution in [0.1, 0.15) is 61.3 Å². The van der Waals surface area contributed by atoms with Crippen molar-refractivity contribution in [3.8, 4) is 0 Å². The lowest BCUT2D eigenvalue weighted by Crippen LogP contribution is -2.44. The van der Waals surface area contributed by atoms with Crippen molar-refractivity contribution in [3.63, 3.8) is 0 Å². The van der Waals surface area contributed by atoms with Gasteiger partial charge in [-0.3, -0.25) is 4.79 Å². The number of hydrogen-bond donors (Lipinski definition) is 1. The Kier molecular flexibility index (Phi) is 6.57. The van der Waals surface area contributed by atoms with E-state index in [0.717, 1.165) is 35.5 Å². The van der Waals surface area contributed by atoms with Crippen LogP contribution in [0.5, 0.6) is 0 Å². The number of aromatic nitrogens is 1. The fraction of sp³-hybridized carbons (Fsp3) is 0.500. The molecule has 0 saturated carbocycles. The molecule has 0 spiro atoms. The van der Waals surface area contributed by atoms with E-state index < -0.39 is 5.60 Å². The molecule has 0 bridgehead atoms. The predicted molar refractivity (Wildman–Crippen MR) is 116 cm³/mol. The van der Waals surface area contributed by atoms with Crippen molar-refractivity contribution in [2.75, 3.05) is 18.4 Å². The van der Waals surface area contributed by atoms with Crippen LogP contribution in [-0.2, 0) is 11.2 Å².